The molecule has 0 aliphatic heterocycles. The second-order valence-corrected chi connectivity index (χ2v) is 4.47. The maximum Gasteiger partial charge on any atom is 0.389 e. The second kappa shape index (κ2) is 6.81. The average molecular weight is 276 g/mol. The molecule has 1 unspecified atom stereocenters. The van der Waals surface area contributed by atoms with Crippen molar-refractivity contribution in [2.45, 2.75) is 51.7 Å². The molecule has 0 amide bonds. The van der Waals surface area contributed by atoms with Gasteiger partial charge < -0.3 is 0 Å². The zero-order chi connectivity index (χ0) is 14.5. The van der Waals surface area contributed by atoms with E-state index in [1.807, 2.05) is 13.0 Å². The van der Waals surface area contributed by atoms with Crippen molar-refractivity contribution in [2.24, 2.45) is 5.84 Å². The number of aromatic nitrogens is 2. The summed E-state index contributed by atoms with van der Waals surface area (Å²) in [5.74, 6) is 5.45. The molecule has 1 rings (SSSR count). The number of halogens is 3. The molecule has 7 heteroatoms. The molecule has 3 N–H and O–H groups in total. The van der Waals surface area contributed by atoms with Crippen molar-refractivity contribution in [1.82, 2.24) is 15.6 Å². The largest absolute Gasteiger partial charge is 0.389 e. The maximum atomic E-state index is 12.1. The first-order chi connectivity index (χ1) is 8.87. The smallest absolute Gasteiger partial charge is 0.271 e. The summed E-state index contributed by atoms with van der Waals surface area (Å²) in [5, 5.41) is 8.00. The summed E-state index contributed by atoms with van der Waals surface area (Å²) in [6.45, 7) is 3.71. The Morgan fingerprint density at radius 1 is 1.37 bits per heavy atom. The quantitative estimate of drug-likeness (QED) is 0.619. The van der Waals surface area contributed by atoms with E-state index in [1.54, 1.807) is 6.92 Å². The van der Waals surface area contributed by atoms with Crippen LogP contribution in [0.4, 0.5) is 13.2 Å². The van der Waals surface area contributed by atoms with Crippen LogP contribution in [-0.2, 0) is 6.42 Å². The molecule has 1 heterocycles. The lowest BCUT2D eigenvalue weighted by Gasteiger charge is -2.19. The first-order valence-electron chi connectivity index (χ1n) is 6.23. The Bertz CT molecular complexity index is 406. The van der Waals surface area contributed by atoms with Crippen molar-refractivity contribution in [3.63, 3.8) is 0 Å². The fraction of sp³-hybridized carbons (Fsp3) is 0.667. The highest BCUT2D eigenvalue weighted by molar-refractivity contribution is 5.24. The van der Waals surface area contributed by atoms with Crippen LogP contribution in [0.25, 0.3) is 0 Å². The minimum absolute atomic E-state index is 0.0306. The molecular formula is C12H19F3N4. The first kappa shape index (κ1) is 15.8. The van der Waals surface area contributed by atoms with Crippen LogP contribution >= 0.6 is 0 Å². The average Bonchev–Trinajstić information content (AvgIpc) is 2.33. The standard InChI is InChI=1S/C12H19F3N4/c1-3-10-9(7-8(2)18-19-10)11(17-16)5-4-6-12(13,14)15/h7,11,17H,3-6,16H2,1-2H3. The van der Waals surface area contributed by atoms with Gasteiger partial charge in [-0.15, -0.1) is 0 Å². The molecule has 0 saturated heterocycles. The van der Waals surface area contributed by atoms with Gasteiger partial charge in [0.25, 0.3) is 0 Å². The molecule has 1 aromatic heterocycles. The number of alkyl halides is 3. The van der Waals surface area contributed by atoms with Gasteiger partial charge in [0, 0.05) is 12.5 Å². The minimum Gasteiger partial charge on any atom is -0.271 e. The summed E-state index contributed by atoms with van der Waals surface area (Å²) in [5.41, 5.74) is 4.89. The monoisotopic (exact) mass is 276 g/mol. The maximum absolute atomic E-state index is 12.1. The van der Waals surface area contributed by atoms with E-state index < -0.39 is 12.6 Å². The van der Waals surface area contributed by atoms with Gasteiger partial charge in [-0.05, 0) is 37.8 Å². The molecule has 0 fully saturated rings. The number of nitrogens with zero attached hydrogens (tertiary/aromatic N) is 2. The van der Waals surface area contributed by atoms with Gasteiger partial charge in [0.1, 0.15) is 0 Å². The Labute approximate surface area is 110 Å². The van der Waals surface area contributed by atoms with Crippen LogP contribution < -0.4 is 11.3 Å². The Kier molecular flexibility index (Phi) is 5.68. The van der Waals surface area contributed by atoms with Crippen molar-refractivity contribution in [2.75, 3.05) is 0 Å². The number of hydrogen-bond donors (Lipinski definition) is 2. The molecule has 4 nitrogen and oxygen atoms in total. The molecule has 19 heavy (non-hydrogen) atoms. The van der Waals surface area contributed by atoms with Gasteiger partial charge in [0.05, 0.1) is 11.4 Å². The van der Waals surface area contributed by atoms with Crippen molar-refractivity contribution < 1.29 is 13.2 Å². The molecule has 108 valence electrons. The normalized spacial score (nSPS) is 13.6. The molecule has 0 radical (unpaired) electrons. The van der Waals surface area contributed by atoms with Gasteiger partial charge >= 0.3 is 6.18 Å². The zero-order valence-electron chi connectivity index (χ0n) is 11.1. The highest BCUT2D eigenvalue weighted by Gasteiger charge is 2.27. The lowest BCUT2D eigenvalue weighted by atomic mass is 9.99. The van der Waals surface area contributed by atoms with Crippen molar-refractivity contribution >= 4 is 0 Å². The summed E-state index contributed by atoms with van der Waals surface area (Å²) in [6.07, 6.45) is -3.92. The lowest BCUT2D eigenvalue weighted by molar-refractivity contribution is -0.135. The van der Waals surface area contributed by atoms with Crippen LogP contribution in [0.1, 0.15) is 49.2 Å². The third kappa shape index (κ3) is 5.12. The van der Waals surface area contributed by atoms with Crippen molar-refractivity contribution in [1.29, 1.82) is 0 Å². The molecule has 1 aromatic rings. The third-order valence-corrected chi connectivity index (χ3v) is 2.89. The predicted octanol–water partition coefficient (Wildman–Crippen LogP) is 2.58. The van der Waals surface area contributed by atoms with Crippen LogP contribution in [0, 0.1) is 6.92 Å². The Morgan fingerprint density at radius 3 is 2.58 bits per heavy atom. The number of aryl methyl sites for hydroxylation is 2. The molecule has 0 aliphatic carbocycles. The Hall–Kier alpha value is -1.21. The number of hydrazine groups is 1. The summed E-state index contributed by atoms with van der Waals surface area (Å²) < 4.78 is 36.4. The van der Waals surface area contributed by atoms with Gasteiger partial charge in [0.15, 0.2) is 0 Å². The first-order valence-corrected chi connectivity index (χ1v) is 6.23. The van der Waals surface area contributed by atoms with E-state index in [1.165, 1.54) is 0 Å². The number of rotatable bonds is 6. The number of nitrogens with two attached hydrogens (primary N) is 1. The van der Waals surface area contributed by atoms with E-state index >= 15 is 0 Å². The van der Waals surface area contributed by atoms with Crippen molar-refractivity contribution in [3.8, 4) is 0 Å². The number of hydrogen-bond acceptors (Lipinski definition) is 4. The van der Waals surface area contributed by atoms with Crippen LogP contribution in [0.3, 0.4) is 0 Å². The van der Waals surface area contributed by atoms with Crippen LogP contribution in [-0.4, -0.2) is 16.4 Å². The fourth-order valence-corrected chi connectivity index (χ4v) is 1.95. The van der Waals surface area contributed by atoms with E-state index in [0.717, 1.165) is 17.0 Å². The van der Waals surface area contributed by atoms with Gasteiger partial charge in [-0.2, -0.15) is 23.4 Å². The second-order valence-electron chi connectivity index (χ2n) is 4.47. The summed E-state index contributed by atoms with van der Waals surface area (Å²) in [6, 6.07) is 1.50. The number of nitrogens with one attached hydrogen (secondary N) is 1. The van der Waals surface area contributed by atoms with Crippen LogP contribution in [0.2, 0.25) is 0 Å². The van der Waals surface area contributed by atoms with E-state index in [2.05, 4.69) is 15.6 Å². The molecule has 0 aromatic carbocycles. The minimum atomic E-state index is -4.13. The third-order valence-electron chi connectivity index (χ3n) is 2.89. The summed E-state index contributed by atoms with van der Waals surface area (Å²) in [4.78, 5) is 0. The molecule has 0 bridgehead atoms. The topological polar surface area (TPSA) is 63.8 Å². The van der Waals surface area contributed by atoms with Gasteiger partial charge in [0.2, 0.25) is 0 Å². The van der Waals surface area contributed by atoms with E-state index in [4.69, 9.17) is 5.84 Å². The van der Waals surface area contributed by atoms with Gasteiger partial charge in [-0.3, -0.25) is 11.3 Å². The Balaban J connectivity index is 2.76. The Morgan fingerprint density at radius 2 is 2.05 bits per heavy atom. The lowest BCUT2D eigenvalue weighted by Crippen LogP contribution is -2.29. The zero-order valence-corrected chi connectivity index (χ0v) is 11.1. The molecule has 0 spiro atoms. The molecule has 0 saturated carbocycles. The molecule has 1 atom stereocenters. The fourth-order valence-electron chi connectivity index (χ4n) is 1.95. The SMILES string of the molecule is CCc1nnc(C)cc1C(CCCC(F)(F)F)NN. The van der Waals surface area contributed by atoms with Gasteiger partial charge in [-0.25, -0.2) is 0 Å². The van der Waals surface area contributed by atoms with Crippen molar-refractivity contribution in [3.05, 3.63) is 23.0 Å². The van der Waals surface area contributed by atoms with E-state index in [0.29, 0.717) is 12.8 Å². The van der Waals surface area contributed by atoms with Crippen LogP contribution in [0.15, 0.2) is 6.07 Å². The highest BCUT2D eigenvalue weighted by Crippen LogP contribution is 2.27. The van der Waals surface area contributed by atoms with Gasteiger partial charge in [-0.1, -0.05) is 6.92 Å². The summed E-state index contributed by atoms with van der Waals surface area (Å²) in [7, 11) is 0. The molecule has 0 aliphatic rings. The highest BCUT2D eigenvalue weighted by atomic mass is 19.4. The molecular weight excluding hydrogens is 257 g/mol. The predicted molar refractivity (Wildman–Crippen MR) is 66.1 cm³/mol. The summed E-state index contributed by atoms with van der Waals surface area (Å²) >= 11 is 0. The van der Waals surface area contributed by atoms with Crippen LogP contribution in [0.5, 0.6) is 0 Å². The van der Waals surface area contributed by atoms with E-state index in [-0.39, 0.29) is 12.5 Å². The van der Waals surface area contributed by atoms with E-state index in [9.17, 15) is 13.2 Å².